The molecule has 13 aromatic rings. The van der Waals surface area contributed by atoms with Crippen molar-refractivity contribution in [2.45, 2.75) is 0 Å². The van der Waals surface area contributed by atoms with Crippen LogP contribution < -0.4 is 4.90 Å². The van der Waals surface area contributed by atoms with Crippen LogP contribution in [0.2, 0.25) is 0 Å². The minimum Gasteiger partial charge on any atom is -0.456 e. The molecule has 0 radical (unpaired) electrons. The van der Waals surface area contributed by atoms with Gasteiger partial charge >= 0.3 is 0 Å². The summed E-state index contributed by atoms with van der Waals surface area (Å²) in [7, 11) is 0. The molecule has 0 aliphatic heterocycles. The van der Waals surface area contributed by atoms with Gasteiger partial charge in [-0.3, -0.25) is 0 Å². The molecule has 1 heterocycles. The Morgan fingerprint density at radius 3 is 0.946 bits per heavy atom. The molecule has 2 nitrogen and oxygen atoms in total. The summed E-state index contributed by atoms with van der Waals surface area (Å²) >= 11 is 0. The Morgan fingerprint density at radius 2 is 0.527 bits per heavy atom. The maximum atomic E-state index is 6.51. The van der Waals surface area contributed by atoms with Crippen molar-refractivity contribution in [2.75, 3.05) is 4.90 Å². The zero-order valence-corrected chi connectivity index (χ0v) is 40.6. The fourth-order valence-electron chi connectivity index (χ4n) is 10.7. The molecular weight excluding hydrogens is 895 g/mol. The quantitative estimate of drug-likeness (QED) is 0.128. The smallest absolute Gasteiger partial charge is 0.136 e. The van der Waals surface area contributed by atoms with E-state index in [1.165, 1.54) is 22.3 Å². The molecule has 0 unspecified atom stereocenters. The highest BCUT2D eigenvalue weighted by Crippen LogP contribution is 2.52. The van der Waals surface area contributed by atoms with E-state index in [-0.39, 0.29) is 0 Å². The van der Waals surface area contributed by atoms with Gasteiger partial charge in [-0.15, -0.1) is 0 Å². The lowest BCUT2D eigenvalue weighted by molar-refractivity contribution is 0.669. The average Bonchev–Trinajstić information content (AvgIpc) is 3.87. The van der Waals surface area contributed by atoms with Gasteiger partial charge in [0.25, 0.3) is 0 Å². The molecule has 12 aromatic carbocycles. The summed E-state index contributed by atoms with van der Waals surface area (Å²) in [5.41, 5.74) is 23.2. The molecule has 1 aromatic heterocycles. The monoisotopic (exact) mass is 943 g/mol. The van der Waals surface area contributed by atoms with Gasteiger partial charge < -0.3 is 9.32 Å². The van der Waals surface area contributed by atoms with Crippen LogP contribution in [-0.4, -0.2) is 0 Å². The largest absolute Gasteiger partial charge is 0.456 e. The molecule has 13 rings (SSSR count). The lowest BCUT2D eigenvalue weighted by Gasteiger charge is -2.30. The molecular formula is C72H49NO. The van der Waals surface area contributed by atoms with Crippen LogP contribution in [0.25, 0.3) is 111 Å². The average molecular weight is 944 g/mol. The van der Waals surface area contributed by atoms with Crippen molar-refractivity contribution in [3.8, 4) is 89.0 Å². The topological polar surface area (TPSA) is 16.4 Å². The molecule has 0 aliphatic rings. The minimum atomic E-state index is 0.873. The Balaban J connectivity index is 1.10. The molecule has 0 saturated carbocycles. The summed E-state index contributed by atoms with van der Waals surface area (Å²) in [6, 6.07) is 107. The lowest BCUT2D eigenvalue weighted by atomic mass is 9.79. The summed E-state index contributed by atoms with van der Waals surface area (Å²) in [6.07, 6.45) is 0. The molecule has 0 N–H and O–H groups in total. The van der Waals surface area contributed by atoms with E-state index in [9.17, 15) is 0 Å². The number of anilines is 3. The molecule has 74 heavy (non-hydrogen) atoms. The maximum absolute atomic E-state index is 6.51. The van der Waals surface area contributed by atoms with E-state index in [0.29, 0.717) is 0 Å². The summed E-state index contributed by atoms with van der Waals surface area (Å²) in [4.78, 5) is 2.42. The third kappa shape index (κ3) is 8.45. The number of benzene rings is 12. The van der Waals surface area contributed by atoms with E-state index in [1.807, 2.05) is 12.1 Å². The molecule has 0 bridgehead atoms. The van der Waals surface area contributed by atoms with Crippen molar-refractivity contribution in [1.82, 2.24) is 0 Å². The first-order valence-electron chi connectivity index (χ1n) is 25.3. The molecule has 0 amide bonds. The van der Waals surface area contributed by atoms with Crippen molar-refractivity contribution < 1.29 is 4.42 Å². The van der Waals surface area contributed by atoms with E-state index in [1.54, 1.807) is 0 Å². The Morgan fingerprint density at radius 1 is 0.203 bits per heavy atom. The van der Waals surface area contributed by atoms with Crippen molar-refractivity contribution in [2.24, 2.45) is 0 Å². The molecule has 0 spiro atoms. The van der Waals surface area contributed by atoms with Crippen LogP contribution in [0.4, 0.5) is 17.1 Å². The van der Waals surface area contributed by atoms with Gasteiger partial charge in [-0.2, -0.15) is 0 Å². The number of hydrogen-bond donors (Lipinski definition) is 0. The van der Waals surface area contributed by atoms with Crippen LogP contribution in [0.3, 0.4) is 0 Å². The summed E-state index contributed by atoms with van der Waals surface area (Å²) in [6.45, 7) is 0. The van der Waals surface area contributed by atoms with Gasteiger partial charge in [-0.1, -0.05) is 231 Å². The van der Waals surface area contributed by atoms with Crippen LogP contribution in [0.1, 0.15) is 0 Å². The predicted octanol–water partition coefficient (Wildman–Crippen LogP) is 20.4. The van der Waals surface area contributed by atoms with Crippen molar-refractivity contribution in [3.63, 3.8) is 0 Å². The normalized spacial score (nSPS) is 11.2. The third-order valence-corrected chi connectivity index (χ3v) is 14.3. The predicted molar refractivity (Wildman–Crippen MR) is 312 cm³/mol. The van der Waals surface area contributed by atoms with Gasteiger partial charge in [0.1, 0.15) is 11.2 Å². The maximum Gasteiger partial charge on any atom is 0.136 e. The van der Waals surface area contributed by atoms with Crippen LogP contribution in [0.15, 0.2) is 302 Å². The van der Waals surface area contributed by atoms with Gasteiger partial charge in [0.05, 0.1) is 0 Å². The molecule has 0 atom stereocenters. The number of nitrogens with zero attached hydrogens (tertiary/aromatic N) is 1. The van der Waals surface area contributed by atoms with Crippen molar-refractivity contribution in [1.29, 1.82) is 0 Å². The highest BCUT2D eigenvalue weighted by Gasteiger charge is 2.26. The second-order valence-electron chi connectivity index (χ2n) is 18.8. The number of furan rings is 1. The highest BCUT2D eigenvalue weighted by molar-refractivity contribution is 6.09. The third-order valence-electron chi connectivity index (χ3n) is 14.3. The Labute approximate surface area is 432 Å². The zero-order chi connectivity index (χ0) is 49.2. The van der Waals surface area contributed by atoms with Crippen LogP contribution in [0.5, 0.6) is 0 Å². The van der Waals surface area contributed by atoms with E-state index >= 15 is 0 Å². The minimum absolute atomic E-state index is 0.873. The number of fused-ring (bicyclic) bond motifs is 3. The highest BCUT2D eigenvalue weighted by atomic mass is 16.3. The molecule has 0 fully saturated rings. The van der Waals surface area contributed by atoms with Crippen molar-refractivity contribution in [3.05, 3.63) is 297 Å². The summed E-state index contributed by atoms with van der Waals surface area (Å²) in [5.74, 6) is 0. The first kappa shape index (κ1) is 44.2. The fourth-order valence-corrected chi connectivity index (χ4v) is 10.7. The van der Waals surface area contributed by atoms with Gasteiger partial charge in [0.2, 0.25) is 0 Å². The van der Waals surface area contributed by atoms with Gasteiger partial charge in [0, 0.05) is 27.8 Å². The van der Waals surface area contributed by atoms with Crippen molar-refractivity contribution >= 4 is 39.0 Å². The second kappa shape index (κ2) is 19.4. The SMILES string of the molecule is c1ccc(-c2ccc(N(c3ccc(-c4ccccc4)cc3)c3cc(-c4ccccc4)c(-c4c(-c5ccccc5)cc(-c5ccc6c(c5)oc5ccccc56)cc4-c4ccccc4)c(-c4ccccc4)c3)cc2)cc1. The van der Waals surface area contributed by atoms with Gasteiger partial charge in [-0.25, -0.2) is 0 Å². The van der Waals surface area contributed by atoms with Crippen LogP contribution >= 0.6 is 0 Å². The Kier molecular flexibility index (Phi) is 11.6. The molecule has 2 heteroatoms. The van der Waals surface area contributed by atoms with E-state index in [0.717, 1.165) is 106 Å². The van der Waals surface area contributed by atoms with E-state index in [2.05, 4.69) is 290 Å². The molecule has 0 saturated heterocycles. The first-order valence-corrected chi connectivity index (χ1v) is 25.3. The van der Waals surface area contributed by atoms with Crippen LogP contribution in [0, 0.1) is 0 Å². The number of para-hydroxylation sites is 1. The Hall–Kier alpha value is -9.76. The number of hydrogen-bond acceptors (Lipinski definition) is 2. The number of rotatable bonds is 11. The van der Waals surface area contributed by atoms with Gasteiger partial charge in [0.15, 0.2) is 0 Å². The van der Waals surface area contributed by atoms with E-state index < -0.39 is 0 Å². The van der Waals surface area contributed by atoms with Crippen LogP contribution in [-0.2, 0) is 0 Å². The second-order valence-corrected chi connectivity index (χ2v) is 18.8. The van der Waals surface area contributed by atoms with Gasteiger partial charge in [-0.05, 0) is 156 Å². The Bertz CT molecular complexity index is 3850. The standard InChI is InChI=1S/C72H49NO/c1-7-21-50(22-8-1)52-35-40-60(41-36-52)73(61-42-37-53(38-43-61)51-23-9-2-10-24-51)62-48-67(56-29-15-5-16-30-56)72(68(49-62)57-31-17-6-18-32-57)71-65(54-25-11-3-12-26-54)45-59(46-66(71)55-27-13-4-14-28-55)58-39-44-64-63-33-19-20-34-69(63)74-70(64)47-58/h1-49H. The first-order chi connectivity index (χ1) is 36.7. The lowest BCUT2D eigenvalue weighted by Crippen LogP contribution is -2.11. The van der Waals surface area contributed by atoms with E-state index in [4.69, 9.17) is 4.42 Å². The fraction of sp³-hybridized carbons (Fsp3) is 0. The summed E-state index contributed by atoms with van der Waals surface area (Å²) < 4.78 is 6.51. The summed E-state index contributed by atoms with van der Waals surface area (Å²) in [5, 5.41) is 2.23. The molecule has 0 aliphatic carbocycles. The zero-order valence-electron chi connectivity index (χ0n) is 40.6. The molecule has 348 valence electrons.